The first-order valence-electron chi connectivity index (χ1n) is 10.2. The van der Waals surface area contributed by atoms with E-state index >= 15 is 0 Å². The molecule has 0 spiro atoms. The lowest BCUT2D eigenvalue weighted by molar-refractivity contribution is -0.147. The van der Waals surface area contributed by atoms with Gasteiger partial charge in [-0.1, -0.05) is 85.0 Å². The Morgan fingerprint density at radius 1 is 0.833 bits per heavy atom. The van der Waals surface area contributed by atoms with Gasteiger partial charge in [-0.05, 0) is 20.5 Å². The third-order valence-corrected chi connectivity index (χ3v) is 4.35. The first kappa shape index (κ1) is 23.4. The molecular weight excluding hydrogens is 298 g/mol. The number of carbonyl (C=O) groups is 1. The van der Waals surface area contributed by atoms with Crippen molar-refractivity contribution >= 4 is 5.97 Å². The first-order valence-corrected chi connectivity index (χ1v) is 10.2. The standard InChI is InChI=1S/C21H43NO2/c1-6-7-8-9-10-11-12-13-14-15-16-17-20(23)24-19-21(2,3)18-22(4)5/h6-19H2,1-5H3. The maximum atomic E-state index is 11.8. The van der Waals surface area contributed by atoms with Gasteiger partial charge >= 0.3 is 5.97 Å². The summed E-state index contributed by atoms with van der Waals surface area (Å²) in [5.41, 5.74) is 0.0241. The van der Waals surface area contributed by atoms with Crippen molar-refractivity contribution in [2.45, 2.75) is 97.8 Å². The fourth-order valence-corrected chi connectivity index (χ4v) is 3.18. The van der Waals surface area contributed by atoms with Crippen molar-refractivity contribution in [2.24, 2.45) is 5.41 Å². The molecule has 144 valence electrons. The fourth-order valence-electron chi connectivity index (χ4n) is 3.18. The van der Waals surface area contributed by atoms with Gasteiger partial charge in [0.1, 0.15) is 0 Å². The highest BCUT2D eigenvalue weighted by molar-refractivity contribution is 5.69. The molecule has 0 aromatic rings. The van der Waals surface area contributed by atoms with Crippen LogP contribution in [-0.4, -0.2) is 38.1 Å². The van der Waals surface area contributed by atoms with Crippen molar-refractivity contribution in [1.29, 1.82) is 0 Å². The van der Waals surface area contributed by atoms with Crippen LogP contribution in [0.3, 0.4) is 0 Å². The van der Waals surface area contributed by atoms with Gasteiger partial charge in [-0.2, -0.15) is 0 Å². The Morgan fingerprint density at radius 2 is 1.29 bits per heavy atom. The van der Waals surface area contributed by atoms with Gasteiger partial charge < -0.3 is 9.64 Å². The lowest BCUT2D eigenvalue weighted by Crippen LogP contribution is -2.33. The highest BCUT2D eigenvalue weighted by Gasteiger charge is 2.21. The summed E-state index contributed by atoms with van der Waals surface area (Å²) >= 11 is 0. The molecule has 0 aromatic heterocycles. The molecule has 0 atom stereocenters. The van der Waals surface area contributed by atoms with Gasteiger partial charge in [0.25, 0.3) is 0 Å². The highest BCUT2D eigenvalue weighted by Crippen LogP contribution is 2.17. The molecule has 0 aliphatic rings. The largest absolute Gasteiger partial charge is 0.465 e. The van der Waals surface area contributed by atoms with Gasteiger partial charge in [0.05, 0.1) is 6.61 Å². The van der Waals surface area contributed by atoms with E-state index in [1.807, 2.05) is 0 Å². The number of unbranched alkanes of at least 4 members (excludes halogenated alkanes) is 10. The van der Waals surface area contributed by atoms with Crippen LogP contribution in [0, 0.1) is 5.41 Å². The van der Waals surface area contributed by atoms with Crippen LogP contribution in [0.25, 0.3) is 0 Å². The zero-order valence-corrected chi connectivity index (χ0v) is 17.2. The summed E-state index contributed by atoms with van der Waals surface area (Å²) in [6.45, 7) is 7.99. The van der Waals surface area contributed by atoms with Crippen LogP contribution in [0.1, 0.15) is 97.8 Å². The summed E-state index contributed by atoms with van der Waals surface area (Å²) in [4.78, 5) is 13.9. The third kappa shape index (κ3) is 16.3. The zero-order chi connectivity index (χ0) is 18.3. The van der Waals surface area contributed by atoms with E-state index in [0.717, 1.165) is 19.4 Å². The number of esters is 1. The number of nitrogens with zero attached hydrogens (tertiary/aromatic N) is 1. The number of hydrogen-bond donors (Lipinski definition) is 0. The van der Waals surface area contributed by atoms with E-state index in [1.54, 1.807) is 0 Å². The summed E-state index contributed by atoms with van der Waals surface area (Å²) in [6.07, 6.45) is 15.0. The van der Waals surface area contributed by atoms with Gasteiger partial charge in [0, 0.05) is 18.4 Å². The van der Waals surface area contributed by atoms with Gasteiger partial charge in [0.2, 0.25) is 0 Å². The molecule has 3 heteroatoms. The first-order chi connectivity index (χ1) is 11.4. The van der Waals surface area contributed by atoms with E-state index in [1.165, 1.54) is 57.8 Å². The Hall–Kier alpha value is -0.570. The van der Waals surface area contributed by atoms with Gasteiger partial charge in [0.15, 0.2) is 0 Å². The maximum Gasteiger partial charge on any atom is 0.305 e. The lowest BCUT2D eigenvalue weighted by Gasteiger charge is -2.27. The Labute approximate surface area is 151 Å². The average Bonchev–Trinajstić information content (AvgIpc) is 2.49. The fraction of sp³-hybridized carbons (Fsp3) is 0.952. The summed E-state index contributed by atoms with van der Waals surface area (Å²) in [6, 6.07) is 0. The van der Waals surface area contributed by atoms with Crippen molar-refractivity contribution in [2.75, 3.05) is 27.2 Å². The van der Waals surface area contributed by atoms with Crippen LogP contribution in [0.5, 0.6) is 0 Å². The van der Waals surface area contributed by atoms with Gasteiger partial charge in [-0.15, -0.1) is 0 Å². The smallest absolute Gasteiger partial charge is 0.305 e. The number of rotatable bonds is 16. The molecule has 0 aliphatic heterocycles. The van der Waals surface area contributed by atoms with Crippen LogP contribution >= 0.6 is 0 Å². The van der Waals surface area contributed by atoms with Crippen molar-refractivity contribution in [3.8, 4) is 0 Å². The van der Waals surface area contributed by atoms with Crippen LogP contribution in [-0.2, 0) is 9.53 Å². The minimum atomic E-state index is -0.0299. The molecule has 0 amide bonds. The van der Waals surface area contributed by atoms with Gasteiger partial charge in [-0.25, -0.2) is 0 Å². The minimum Gasteiger partial charge on any atom is -0.465 e. The normalized spacial score (nSPS) is 11.9. The molecule has 0 aliphatic carbocycles. The van der Waals surface area contributed by atoms with E-state index in [-0.39, 0.29) is 11.4 Å². The van der Waals surface area contributed by atoms with Crippen LogP contribution in [0.4, 0.5) is 0 Å². The Morgan fingerprint density at radius 3 is 1.75 bits per heavy atom. The lowest BCUT2D eigenvalue weighted by atomic mass is 9.94. The minimum absolute atomic E-state index is 0.0241. The average molecular weight is 342 g/mol. The van der Waals surface area contributed by atoms with Crippen LogP contribution < -0.4 is 0 Å². The maximum absolute atomic E-state index is 11.8. The summed E-state index contributed by atoms with van der Waals surface area (Å²) in [7, 11) is 4.10. The molecule has 24 heavy (non-hydrogen) atoms. The Bertz CT molecular complexity index is 300. The van der Waals surface area contributed by atoms with E-state index in [4.69, 9.17) is 4.74 Å². The number of ether oxygens (including phenoxy) is 1. The molecule has 3 nitrogen and oxygen atoms in total. The van der Waals surface area contributed by atoms with E-state index in [0.29, 0.717) is 13.0 Å². The SMILES string of the molecule is CCCCCCCCCCCCCC(=O)OCC(C)(C)CN(C)C. The zero-order valence-electron chi connectivity index (χ0n) is 17.2. The molecule has 0 saturated carbocycles. The number of carbonyl (C=O) groups excluding carboxylic acids is 1. The van der Waals surface area contributed by atoms with Crippen LogP contribution in [0.15, 0.2) is 0 Å². The van der Waals surface area contributed by atoms with Gasteiger partial charge in [-0.3, -0.25) is 4.79 Å². The predicted molar refractivity (Wildman–Crippen MR) is 104 cm³/mol. The second-order valence-electron chi connectivity index (χ2n) is 8.35. The summed E-state index contributed by atoms with van der Waals surface area (Å²) < 4.78 is 5.43. The second kappa shape index (κ2) is 14.7. The molecular formula is C21H43NO2. The molecule has 0 N–H and O–H groups in total. The third-order valence-electron chi connectivity index (χ3n) is 4.35. The summed E-state index contributed by atoms with van der Waals surface area (Å²) in [5.74, 6) is -0.0299. The van der Waals surface area contributed by atoms with Crippen molar-refractivity contribution in [3.63, 3.8) is 0 Å². The second-order valence-corrected chi connectivity index (χ2v) is 8.35. The Kier molecular flexibility index (Phi) is 14.4. The van der Waals surface area contributed by atoms with E-state index in [2.05, 4.69) is 39.8 Å². The van der Waals surface area contributed by atoms with Crippen molar-refractivity contribution in [1.82, 2.24) is 4.90 Å². The molecule has 0 rings (SSSR count). The quantitative estimate of drug-likeness (QED) is 0.262. The molecule has 0 aromatic carbocycles. The summed E-state index contributed by atoms with van der Waals surface area (Å²) in [5, 5.41) is 0. The monoisotopic (exact) mass is 341 g/mol. The molecule has 0 bridgehead atoms. The van der Waals surface area contributed by atoms with E-state index in [9.17, 15) is 4.79 Å². The highest BCUT2D eigenvalue weighted by atomic mass is 16.5. The van der Waals surface area contributed by atoms with Crippen molar-refractivity contribution < 1.29 is 9.53 Å². The van der Waals surface area contributed by atoms with Crippen LogP contribution in [0.2, 0.25) is 0 Å². The molecule has 0 unspecified atom stereocenters. The molecule has 0 saturated heterocycles. The predicted octanol–water partition coefficient (Wildman–Crippen LogP) is 5.82. The van der Waals surface area contributed by atoms with E-state index < -0.39 is 0 Å². The molecule has 0 heterocycles. The topological polar surface area (TPSA) is 29.5 Å². The van der Waals surface area contributed by atoms with Crippen molar-refractivity contribution in [3.05, 3.63) is 0 Å². The molecule has 0 radical (unpaired) electrons. The molecule has 0 fully saturated rings. The Balaban J connectivity index is 3.40. The number of hydrogen-bond acceptors (Lipinski definition) is 3.